The lowest BCUT2D eigenvalue weighted by atomic mass is 10.1. The number of aromatic nitrogens is 3. The van der Waals surface area contributed by atoms with E-state index in [2.05, 4.69) is 9.97 Å². The van der Waals surface area contributed by atoms with E-state index in [9.17, 15) is 8.42 Å². The fraction of sp³-hybridized carbons (Fsp3) is 0.385. The Kier molecular flexibility index (Phi) is 3.80. The molecule has 0 amide bonds. The van der Waals surface area contributed by atoms with Crippen LogP contribution >= 0.6 is 0 Å². The molecule has 0 saturated carbocycles. The highest BCUT2D eigenvalue weighted by atomic mass is 32.2. The third-order valence-corrected chi connectivity index (χ3v) is 4.08. The zero-order chi connectivity index (χ0) is 14.9. The number of sulfone groups is 1. The summed E-state index contributed by atoms with van der Waals surface area (Å²) in [7, 11) is -1.74. The van der Waals surface area contributed by atoms with Crippen molar-refractivity contribution < 1.29 is 13.2 Å². The average molecular weight is 295 g/mol. The Balaban J connectivity index is 2.44. The van der Waals surface area contributed by atoms with Gasteiger partial charge < -0.3 is 9.30 Å². The van der Waals surface area contributed by atoms with Crippen molar-refractivity contribution in [2.45, 2.75) is 25.5 Å². The van der Waals surface area contributed by atoms with Crippen LogP contribution in [0.1, 0.15) is 16.8 Å². The molecule has 108 valence electrons. The zero-order valence-corrected chi connectivity index (χ0v) is 12.7. The van der Waals surface area contributed by atoms with Crippen LogP contribution in [0.2, 0.25) is 0 Å². The van der Waals surface area contributed by atoms with Gasteiger partial charge in [0.1, 0.15) is 5.75 Å². The highest BCUT2D eigenvalue weighted by Crippen LogP contribution is 2.24. The van der Waals surface area contributed by atoms with E-state index < -0.39 is 9.84 Å². The van der Waals surface area contributed by atoms with E-state index in [1.54, 1.807) is 24.1 Å². The molecule has 20 heavy (non-hydrogen) atoms. The Bertz CT molecular complexity index is 735. The molecule has 0 aliphatic heterocycles. The van der Waals surface area contributed by atoms with Crippen LogP contribution in [0.3, 0.4) is 0 Å². The first-order valence-corrected chi connectivity index (χ1v) is 7.94. The van der Waals surface area contributed by atoms with Crippen molar-refractivity contribution in [2.75, 3.05) is 13.4 Å². The summed E-state index contributed by atoms with van der Waals surface area (Å²) in [6, 6.07) is 0. The second kappa shape index (κ2) is 5.24. The summed E-state index contributed by atoms with van der Waals surface area (Å²) in [5, 5.41) is 0.0400. The third-order valence-electron chi connectivity index (χ3n) is 3.08. The van der Waals surface area contributed by atoms with Crippen molar-refractivity contribution in [3.05, 3.63) is 35.4 Å². The summed E-state index contributed by atoms with van der Waals surface area (Å²) in [5.41, 5.74) is 2.61. The van der Waals surface area contributed by atoms with Gasteiger partial charge >= 0.3 is 0 Å². The fourth-order valence-electron chi connectivity index (χ4n) is 2.14. The average Bonchev–Trinajstić information content (AvgIpc) is 2.81. The first kappa shape index (κ1) is 14.5. The van der Waals surface area contributed by atoms with Crippen molar-refractivity contribution in [3.8, 4) is 5.75 Å². The van der Waals surface area contributed by atoms with Gasteiger partial charge in [0.15, 0.2) is 0 Å². The molecule has 0 aliphatic carbocycles. The van der Waals surface area contributed by atoms with E-state index in [1.807, 2.05) is 13.8 Å². The number of hydrogen-bond donors (Lipinski definition) is 0. The quantitative estimate of drug-likeness (QED) is 0.851. The van der Waals surface area contributed by atoms with Crippen LogP contribution < -0.4 is 4.74 Å². The number of aryl methyl sites for hydroxylation is 1. The van der Waals surface area contributed by atoms with E-state index in [-0.39, 0.29) is 5.16 Å². The van der Waals surface area contributed by atoms with Gasteiger partial charge in [-0.2, -0.15) is 0 Å². The third kappa shape index (κ3) is 2.67. The topological polar surface area (TPSA) is 74.1 Å². The normalized spacial score (nSPS) is 11.6. The van der Waals surface area contributed by atoms with E-state index in [4.69, 9.17) is 4.74 Å². The number of nitrogens with zero attached hydrogens (tertiary/aromatic N) is 3. The molecule has 0 spiro atoms. The van der Waals surface area contributed by atoms with Gasteiger partial charge in [-0.3, -0.25) is 4.98 Å². The number of hydrogen-bond acceptors (Lipinski definition) is 5. The maximum atomic E-state index is 11.6. The van der Waals surface area contributed by atoms with E-state index in [0.717, 1.165) is 28.8 Å². The van der Waals surface area contributed by atoms with E-state index in [0.29, 0.717) is 6.54 Å². The predicted octanol–water partition coefficient (Wildman–Crippen LogP) is 1.36. The molecule has 0 aliphatic rings. The van der Waals surface area contributed by atoms with Crippen molar-refractivity contribution in [1.29, 1.82) is 0 Å². The largest absolute Gasteiger partial charge is 0.496 e. The van der Waals surface area contributed by atoms with Gasteiger partial charge in [0.25, 0.3) is 0 Å². The lowest BCUT2D eigenvalue weighted by molar-refractivity contribution is 0.406. The van der Waals surface area contributed by atoms with Gasteiger partial charge in [0.05, 0.1) is 19.3 Å². The maximum Gasteiger partial charge on any atom is 0.227 e. The van der Waals surface area contributed by atoms with Crippen LogP contribution in [-0.2, 0) is 16.4 Å². The SMILES string of the molecule is COc1c(C)cnc(Cn2ccnc2S(C)(=O)=O)c1C. The molecule has 6 nitrogen and oxygen atoms in total. The Morgan fingerprint density at radius 2 is 2.00 bits per heavy atom. The van der Waals surface area contributed by atoms with Gasteiger partial charge in [-0.15, -0.1) is 0 Å². The smallest absolute Gasteiger partial charge is 0.227 e. The molecule has 2 aromatic rings. The lowest BCUT2D eigenvalue weighted by Gasteiger charge is -2.13. The molecule has 0 unspecified atom stereocenters. The number of methoxy groups -OCH3 is 1. The maximum absolute atomic E-state index is 11.6. The highest BCUT2D eigenvalue weighted by Gasteiger charge is 2.17. The molecule has 2 rings (SSSR count). The van der Waals surface area contributed by atoms with Crippen molar-refractivity contribution >= 4 is 9.84 Å². The summed E-state index contributed by atoms with van der Waals surface area (Å²) in [5.74, 6) is 0.774. The van der Waals surface area contributed by atoms with E-state index in [1.165, 1.54) is 6.20 Å². The molecule has 0 atom stereocenters. The van der Waals surface area contributed by atoms with Gasteiger partial charge in [0, 0.05) is 36.0 Å². The molecule has 0 aromatic carbocycles. The van der Waals surface area contributed by atoms with Gasteiger partial charge in [-0.25, -0.2) is 13.4 Å². The Morgan fingerprint density at radius 1 is 1.30 bits per heavy atom. The van der Waals surface area contributed by atoms with Crippen LogP contribution in [0.5, 0.6) is 5.75 Å². The molecule has 0 bridgehead atoms. The minimum atomic E-state index is -3.35. The Morgan fingerprint density at radius 3 is 2.60 bits per heavy atom. The summed E-state index contributed by atoms with van der Waals surface area (Å²) in [6.07, 6.45) is 5.96. The fourth-order valence-corrected chi connectivity index (χ4v) is 2.94. The van der Waals surface area contributed by atoms with Crippen molar-refractivity contribution in [1.82, 2.24) is 14.5 Å². The second-order valence-corrected chi connectivity index (χ2v) is 6.57. The van der Waals surface area contributed by atoms with Crippen LogP contribution in [-0.4, -0.2) is 36.3 Å². The van der Waals surface area contributed by atoms with Crippen LogP contribution in [0.15, 0.2) is 23.7 Å². The molecular weight excluding hydrogens is 278 g/mol. The molecule has 7 heteroatoms. The standard InChI is InChI=1S/C13H17N3O3S/c1-9-7-15-11(10(2)12(9)19-3)8-16-6-5-14-13(16)20(4,17)18/h5-7H,8H2,1-4H3. The summed E-state index contributed by atoms with van der Waals surface area (Å²) < 4.78 is 30.2. The number of ether oxygens (including phenoxy) is 1. The molecule has 0 fully saturated rings. The summed E-state index contributed by atoms with van der Waals surface area (Å²) >= 11 is 0. The van der Waals surface area contributed by atoms with Crippen molar-refractivity contribution in [3.63, 3.8) is 0 Å². The number of pyridine rings is 1. The van der Waals surface area contributed by atoms with Gasteiger partial charge in [0.2, 0.25) is 15.0 Å². The molecule has 2 heterocycles. The zero-order valence-electron chi connectivity index (χ0n) is 11.9. The first-order chi connectivity index (χ1) is 9.34. The Hall–Kier alpha value is -1.89. The van der Waals surface area contributed by atoms with Crippen LogP contribution in [0, 0.1) is 13.8 Å². The number of imidazole rings is 1. The van der Waals surface area contributed by atoms with Gasteiger partial charge in [-0.05, 0) is 13.8 Å². The number of rotatable bonds is 4. The monoisotopic (exact) mass is 295 g/mol. The Labute approximate surface area is 118 Å². The lowest BCUT2D eigenvalue weighted by Crippen LogP contribution is -2.12. The second-order valence-electron chi connectivity index (χ2n) is 4.66. The van der Waals surface area contributed by atoms with Crippen molar-refractivity contribution in [2.24, 2.45) is 0 Å². The minimum Gasteiger partial charge on any atom is -0.496 e. The molecule has 2 aromatic heterocycles. The first-order valence-electron chi connectivity index (χ1n) is 6.05. The molecular formula is C13H17N3O3S. The predicted molar refractivity (Wildman–Crippen MR) is 74.7 cm³/mol. The highest BCUT2D eigenvalue weighted by molar-refractivity contribution is 7.90. The summed E-state index contributed by atoms with van der Waals surface area (Å²) in [4.78, 5) is 8.25. The molecule has 0 N–H and O–H groups in total. The van der Waals surface area contributed by atoms with E-state index >= 15 is 0 Å². The van der Waals surface area contributed by atoms with Gasteiger partial charge in [-0.1, -0.05) is 0 Å². The minimum absolute atomic E-state index is 0.0400. The molecule has 0 radical (unpaired) electrons. The molecule has 0 saturated heterocycles. The van der Waals surface area contributed by atoms with Crippen LogP contribution in [0.25, 0.3) is 0 Å². The summed E-state index contributed by atoms with van der Waals surface area (Å²) in [6.45, 7) is 4.16. The van der Waals surface area contributed by atoms with Crippen LogP contribution in [0.4, 0.5) is 0 Å².